The third-order valence-corrected chi connectivity index (χ3v) is 3.84. The zero-order valence-electron chi connectivity index (χ0n) is 10.5. The Morgan fingerprint density at radius 1 is 0.812 bits per heavy atom. The number of hydrogen-bond donors (Lipinski definition) is 0. The van der Waals surface area contributed by atoms with Crippen LogP contribution >= 0.6 is 0 Å². The molecule has 2 aliphatic heterocycles. The molecule has 92 valence electrons. The summed E-state index contributed by atoms with van der Waals surface area (Å²) in [6.45, 7) is 6.21. The van der Waals surface area contributed by atoms with Crippen LogP contribution in [-0.4, -0.2) is 47.9 Å². The Morgan fingerprint density at radius 3 is 1.50 bits per heavy atom. The van der Waals surface area contributed by atoms with Gasteiger partial charge in [0.15, 0.2) is 5.78 Å². The molecule has 2 saturated heterocycles. The SMILES string of the molecule is CC(=O)C(N1CCCCC1)N1CCCCC1. The minimum atomic E-state index is 0.0839. The third kappa shape index (κ3) is 2.83. The number of nitrogens with zero attached hydrogens (tertiary/aromatic N) is 2. The van der Waals surface area contributed by atoms with Gasteiger partial charge in [0.05, 0.1) is 0 Å². The Bertz CT molecular complexity index is 212. The van der Waals surface area contributed by atoms with Crippen LogP contribution in [0.4, 0.5) is 0 Å². The maximum absolute atomic E-state index is 11.9. The quantitative estimate of drug-likeness (QED) is 0.731. The molecule has 3 heteroatoms. The highest BCUT2D eigenvalue weighted by Crippen LogP contribution is 2.19. The van der Waals surface area contributed by atoms with Gasteiger partial charge in [-0.25, -0.2) is 0 Å². The molecule has 2 aliphatic rings. The fraction of sp³-hybridized carbons (Fsp3) is 0.923. The van der Waals surface area contributed by atoms with Gasteiger partial charge in [0, 0.05) is 26.2 Å². The fourth-order valence-corrected chi connectivity index (χ4v) is 3.07. The Kier molecular flexibility index (Phi) is 4.36. The van der Waals surface area contributed by atoms with E-state index in [-0.39, 0.29) is 6.17 Å². The maximum Gasteiger partial charge on any atom is 0.161 e. The molecule has 3 nitrogen and oxygen atoms in total. The molecule has 0 saturated carbocycles. The van der Waals surface area contributed by atoms with Crippen molar-refractivity contribution in [2.75, 3.05) is 26.2 Å². The fourth-order valence-electron chi connectivity index (χ4n) is 3.07. The van der Waals surface area contributed by atoms with Crippen LogP contribution in [0, 0.1) is 0 Å². The molecule has 0 atom stereocenters. The van der Waals surface area contributed by atoms with Gasteiger partial charge >= 0.3 is 0 Å². The molecule has 0 spiro atoms. The van der Waals surface area contributed by atoms with E-state index < -0.39 is 0 Å². The van der Waals surface area contributed by atoms with Gasteiger partial charge < -0.3 is 0 Å². The summed E-state index contributed by atoms with van der Waals surface area (Å²) in [5, 5.41) is 0. The highest BCUT2D eigenvalue weighted by Gasteiger charge is 2.30. The predicted octanol–water partition coefficient (Wildman–Crippen LogP) is 1.87. The van der Waals surface area contributed by atoms with E-state index in [4.69, 9.17) is 0 Å². The molecular formula is C13H24N2O. The molecule has 0 aromatic rings. The summed E-state index contributed by atoms with van der Waals surface area (Å²) in [7, 11) is 0. The molecule has 0 radical (unpaired) electrons. The summed E-state index contributed by atoms with van der Waals surface area (Å²) in [4.78, 5) is 16.7. The van der Waals surface area contributed by atoms with Gasteiger partial charge in [-0.15, -0.1) is 0 Å². The Morgan fingerprint density at radius 2 is 1.19 bits per heavy atom. The molecule has 2 rings (SSSR count). The minimum Gasteiger partial charge on any atom is -0.297 e. The van der Waals surface area contributed by atoms with Crippen LogP contribution < -0.4 is 0 Å². The van der Waals surface area contributed by atoms with Crippen molar-refractivity contribution in [2.45, 2.75) is 51.6 Å². The Hall–Kier alpha value is -0.410. The number of Topliss-reactive ketones (excluding diaryl/α,β-unsaturated/α-hetero) is 1. The average Bonchev–Trinajstić information content (AvgIpc) is 2.31. The second kappa shape index (κ2) is 5.78. The molecule has 0 aromatic heterocycles. The van der Waals surface area contributed by atoms with Gasteiger partial charge in [0.2, 0.25) is 0 Å². The number of ketones is 1. The first-order valence-corrected chi connectivity index (χ1v) is 6.77. The van der Waals surface area contributed by atoms with Crippen LogP contribution in [0.3, 0.4) is 0 Å². The zero-order chi connectivity index (χ0) is 11.4. The number of rotatable bonds is 3. The lowest BCUT2D eigenvalue weighted by atomic mass is 10.1. The topological polar surface area (TPSA) is 23.6 Å². The van der Waals surface area contributed by atoms with E-state index in [1.165, 1.54) is 38.5 Å². The largest absolute Gasteiger partial charge is 0.297 e. The number of hydrogen-bond acceptors (Lipinski definition) is 3. The van der Waals surface area contributed by atoms with E-state index in [0.29, 0.717) is 5.78 Å². The molecule has 0 aliphatic carbocycles. The number of piperidine rings is 2. The first kappa shape index (κ1) is 12.1. The monoisotopic (exact) mass is 224 g/mol. The number of carbonyl (C=O) groups is 1. The third-order valence-electron chi connectivity index (χ3n) is 3.84. The lowest BCUT2D eigenvalue weighted by Gasteiger charge is -2.41. The average molecular weight is 224 g/mol. The first-order chi connectivity index (χ1) is 7.79. The second-order valence-electron chi connectivity index (χ2n) is 5.18. The van der Waals surface area contributed by atoms with Crippen molar-refractivity contribution in [3.8, 4) is 0 Å². The molecular weight excluding hydrogens is 200 g/mol. The summed E-state index contributed by atoms with van der Waals surface area (Å²) < 4.78 is 0. The minimum absolute atomic E-state index is 0.0839. The van der Waals surface area contributed by atoms with Gasteiger partial charge in [-0.05, 0) is 32.6 Å². The van der Waals surface area contributed by atoms with Crippen LogP contribution in [0.25, 0.3) is 0 Å². The van der Waals surface area contributed by atoms with Gasteiger partial charge in [-0.2, -0.15) is 0 Å². The molecule has 0 unspecified atom stereocenters. The maximum atomic E-state index is 11.9. The van der Waals surface area contributed by atoms with Crippen LogP contribution in [-0.2, 0) is 4.79 Å². The van der Waals surface area contributed by atoms with E-state index in [2.05, 4.69) is 9.80 Å². The lowest BCUT2D eigenvalue weighted by Crippen LogP contribution is -2.55. The van der Waals surface area contributed by atoms with E-state index in [1.807, 2.05) is 0 Å². The molecule has 16 heavy (non-hydrogen) atoms. The van der Waals surface area contributed by atoms with Crippen molar-refractivity contribution in [3.63, 3.8) is 0 Å². The van der Waals surface area contributed by atoms with Crippen LogP contribution in [0.2, 0.25) is 0 Å². The lowest BCUT2D eigenvalue weighted by molar-refractivity contribution is -0.130. The van der Waals surface area contributed by atoms with Crippen molar-refractivity contribution in [2.24, 2.45) is 0 Å². The summed E-state index contributed by atoms with van der Waals surface area (Å²) in [6.07, 6.45) is 7.80. The van der Waals surface area contributed by atoms with E-state index in [0.717, 1.165) is 26.2 Å². The van der Waals surface area contributed by atoms with Crippen molar-refractivity contribution >= 4 is 5.78 Å². The molecule has 0 bridgehead atoms. The number of likely N-dealkylation sites (tertiary alicyclic amines) is 2. The molecule has 2 fully saturated rings. The van der Waals surface area contributed by atoms with Gasteiger partial charge in [0.25, 0.3) is 0 Å². The first-order valence-electron chi connectivity index (χ1n) is 6.77. The molecule has 0 aromatic carbocycles. The van der Waals surface area contributed by atoms with Gasteiger partial charge in [0.1, 0.15) is 6.17 Å². The van der Waals surface area contributed by atoms with Gasteiger partial charge in [-0.3, -0.25) is 14.6 Å². The van der Waals surface area contributed by atoms with E-state index in [9.17, 15) is 4.79 Å². The summed E-state index contributed by atoms with van der Waals surface area (Å²) >= 11 is 0. The Balaban J connectivity index is 1.99. The van der Waals surface area contributed by atoms with Crippen LogP contribution in [0.5, 0.6) is 0 Å². The molecule has 2 heterocycles. The van der Waals surface area contributed by atoms with Gasteiger partial charge in [-0.1, -0.05) is 12.8 Å². The molecule has 0 N–H and O–H groups in total. The highest BCUT2D eigenvalue weighted by atomic mass is 16.1. The van der Waals surface area contributed by atoms with Crippen LogP contribution in [0.1, 0.15) is 45.4 Å². The van der Waals surface area contributed by atoms with Crippen molar-refractivity contribution < 1.29 is 4.79 Å². The Labute approximate surface area is 98.8 Å². The smallest absolute Gasteiger partial charge is 0.161 e. The van der Waals surface area contributed by atoms with Crippen molar-refractivity contribution in [1.82, 2.24) is 9.80 Å². The van der Waals surface area contributed by atoms with Crippen molar-refractivity contribution in [1.29, 1.82) is 0 Å². The predicted molar refractivity (Wildman–Crippen MR) is 65.3 cm³/mol. The zero-order valence-corrected chi connectivity index (χ0v) is 10.5. The van der Waals surface area contributed by atoms with E-state index >= 15 is 0 Å². The summed E-state index contributed by atoms with van der Waals surface area (Å²) in [6, 6.07) is 0. The standard InChI is InChI=1S/C13H24N2O/c1-12(16)13(14-8-4-2-5-9-14)15-10-6-3-7-11-15/h13H,2-11H2,1H3. The summed E-state index contributed by atoms with van der Waals surface area (Å²) in [5.74, 6) is 0.337. The normalized spacial score (nSPS) is 24.9. The summed E-state index contributed by atoms with van der Waals surface area (Å²) in [5.41, 5.74) is 0. The highest BCUT2D eigenvalue weighted by molar-refractivity contribution is 5.81. The second-order valence-corrected chi connectivity index (χ2v) is 5.18. The molecule has 0 amide bonds. The number of carbonyl (C=O) groups excluding carboxylic acids is 1. The van der Waals surface area contributed by atoms with Crippen molar-refractivity contribution in [3.05, 3.63) is 0 Å². The van der Waals surface area contributed by atoms with E-state index in [1.54, 1.807) is 6.92 Å². The van der Waals surface area contributed by atoms with Crippen LogP contribution in [0.15, 0.2) is 0 Å².